The van der Waals surface area contributed by atoms with Crippen LogP contribution in [0.5, 0.6) is 0 Å². The van der Waals surface area contributed by atoms with E-state index in [4.69, 9.17) is 3.07 Å². The number of β-amino-alcohol motifs (C(OH)–C–C–N with tert-alkyl or cyclic N) is 1. The summed E-state index contributed by atoms with van der Waals surface area (Å²) in [6.07, 6.45) is 4.15. The minimum Gasteiger partial charge on any atom is -0.392 e. The van der Waals surface area contributed by atoms with E-state index in [9.17, 15) is 5.11 Å². The van der Waals surface area contributed by atoms with Gasteiger partial charge in [0.05, 0.1) is 12.7 Å². The monoisotopic (exact) mass is 387 g/mol. The maximum atomic E-state index is 9.93. The summed E-state index contributed by atoms with van der Waals surface area (Å²) < 4.78 is 5.32. The van der Waals surface area contributed by atoms with Crippen LogP contribution < -0.4 is 0 Å². The molecule has 1 aliphatic heterocycles. The number of likely N-dealkylation sites (tertiary alicyclic amines) is 1. The molecule has 1 N–H and O–H groups in total. The number of halogens is 1. The van der Waals surface area contributed by atoms with Crippen molar-refractivity contribution in [2.75, 3.05) is 19.7 Å². The summed E-state index contributed by atoms with van der Waals surface area (Å²) in [7, 11) is 0. The lowest BCUT2D eigenvalue weighted by molar-refractivity contribution is 0.0158. The van der Waals surface area contributed by atoms with Crippen LogP contribution in [0.4, 0.5) is 0 Å². The van der Waals surface area contributed by atoms with Gasteiger partial charge in [-0.05, 0) is 42.7 Å². The van der Waals surface area contributed by atoms with E-state index in [0.717, 1.165) is 32.5 Å². The van der Waals surface area contributed by atoms with Crippen molar-refractivity contribution in [2.24, 2.45) is 5.92 Å². The molecule has 0 aromatic heterocycles. The number of hydrogen-bond donors (Lipinski definition) is 1. The molecule has 1 saturated heterocycles. The third kappa shape index (κ3) is 3.35. The van der Waals surface area contributed by atoms with Crippen LogP contribution in [0.2, 0.25) is 0 Å². The highest BCUT2D eigenvalue weighted by Crippen LogP contribution is 2.29. The fraction of sp³-hybridized carbons (Fsp3) is 0.625. The molecule has 0 bridgehead atoms. The molecule has 0 radical (unpaired) electrons. The first-order chi connectivity index (χ1) is 9.76. The van der Waals surface area contributed by atoms with Gasteiger partial charge in [-0.25, -0.2) is 0 Å². The van der Waals surface area contributed by atoms with Crippen molar-refractivity contribution < 1.29 is 8.17 Å². The van der Waals surface area contributed by atoms with E-state index in [2.05, 4.69) is 29.2 Å². The smallest absolute Gasteiger partial charge is 0.109 e. The Hall–Kier alpha value is -0.170. The molecule has 1 heterocycles. The number of aliphatic hydroxyl groups is 1. The van der Waals surface area contributed by atoms with Crippen LogP contribution in [0.3, 0.4) is 0 Å². The molecule has 0 unspecified atom stereocenters. The highest BCUT2D eigenvalue weighted by Gasteiger charge is 2.31. The van der Waals surface area contributed by atoms with Crippen molar-refractivity contribution in [3.8, 4) is 0 Å². The second-order valence-electron chi connectivity index (χ2n) is 6.16. The number of rotatable bonds is 4. The second kappa shape index (κ2) is 6.73. The first kappa shape index (κ1) is 14.8. The average molecular weight is 387 g/mol. The molecule has 4 heteroatoms. The average Bonchev–Trinajstić information content (AvgIpc) is 2.84. The Morgan fingerprint density at radius 3 is 2.55 bits per heavy atom. The summed E-state index contributed by atoms with van der Waals surface area (Å²) in [4.78, 5) is 2.45. The van der Waals surface area contributed by atoms with Gasteiger partial charge in [0.1, 0.15) is 23.0 Å². The van der Waals surface area contributed by atoms with Crippen molar-refractivity contribution in [1.82, 2.24) is 4.90 Å². The SMILES string of the molecule is O[C@@H]1CC[C@H](COI)N(CC2Cc3ccccc3C2)C1. The fourth-order valence-corrected chi connectivity index (χ4v) is 4.09. The first-order valence-corrected chi connectivity index (χ1v) is 8.36. The van der Waals surface area contributed by atoms with Crippen LogP contribution in [0.1, 0.15) is 24.0 Å². The zero-order chi connectivity index (χ0) is 13.9. The molecule has 0 saturated carbocycles. The van der Waals surface area contributed by atoms with Crippen LogP contribution in [-0.2, 0) is 15.9 Å². The Bertz CT molecular complexity index is 429. The first-order valence-electron chi connectivity index (χ1n) is 7.48. The zero-order valence-electron chi connectivity index (χ0n) is 11.7. The normalized spacial score (nSPS) is 27.7. The van der Waals surface area contributed by atoms with Gasteiger partial charge >= 0.3 is 0 Å². The zero-order valence-corrected chi connectivity index (χ0v) is 13.8. The lowest BCUT2D eigenvalue weighted by atomic mass is 9.97. The summed E-state index contributed by atoms with van der Waals surface area (Å²) in [6, 6.07) is 9.26. The molecule has 110 valence electrons. The highest BCUT2D eigenvalue weighted by molar-refractivity contribution is 14.1. The topological polar surface area (TPSA) is 32.7 Å². The molecule has 2 atom stereocenters. The fourth-order valence-electron chi connectivity index (χ4n) is 3.67. The van der Waals surface area contributed by atoms with Gasteiger partial charge < -0.3 is 8.17 Å². The van der Waals surface area contributed by atoms with Crippen molar-refractivity contribution in [2.45, 2.75) is 37.8 Å². The van der Waals surface area contributed by atoms with Crippen LogP contribution in [-0.4, -0.2) is 41.8 Å². The van der Waals surface area contributed by atoms with Gasteiger partial charge in [-0.1, -0.05) is 24.3 Å². The highest BCUT2D eigenvalue weighted by atomic mass is 127. The van der Waals surface area contributed by atoms with Crippen molar-refractivity contribution in [3.63, 3.8) is 0 Å². The molecule has 2 aliphatic rings. The van der Waals surface area contributed by atoms with E-state index in [1.165, 1.54) is 24.0 Å². The molecule has 1 aromatic carbocycles. The molecule has 1 aliphatic carbocycles. The Balaban J connectivity index is 1.62. The van der Waals surface area contributed by atoms with E-state index in [-0.39, 0.29) is 6.10 Å². The number of fused-ring (bicyclic) bond motifs is 1. The molecular formula is C16H22INO2. The van der Waals surface area contributed by atoms with E-state index in [1.807, 2.05) is 23.0 Å². The predicted molar refractivity (Wildman–Crippen MR) is 87.9 cm³/mol. The summed E-state index contributed by atoms with van der Waals surface area (Å²) in [5.74, 6) is 0.689. The van der Waals surface area contributed by atoms with E-state index in [1.54, 1.807) is 0 Å². The second-order valence-corrected chi connectivity index (χ2v) is 6.78. The third-order valence-corrected chi connectivity index (χ3v) is 5.04. The van der Waals surface area contributed by atoms with Crippen LogP contribution in [0.25, 0.3) is 0 Å². The number of nitrogens with zero attached hydrogens (tertiary/aromatic N) is 1. The van der Waals surface area contributed by atoms with Gasteiger partial charge in [-0.3, -0.25) is 4.90 Å². The third-order valence-electron chi connectivity index (χ3n) is 4.68. The largest absolute Gasteiger partial charge is 0.392 e. The standard InChI is InChI=1S/C16H22INO2/c17-20-11-15-5-6-16(19)10-18(15)9-12-7-13-3-1-2-4-14(13)8-12/h1-4,12,15-16,19H,5-11H2/t15-,16-/m1/s1. The van der Waals surface area contributed by atoms with Gasteiger partial charge in [0, 0.05) is 19.1 Å². The van der Waals surface area contributed by atoms with Crippen molar-refractivity contribution in [3.05, 3.63) is 35.4 Å². The molecule has 3 nitrogen and oxygen atoms in total. The summed E-state index contributed by atoms with van der Waals surface area (Å²) in [5.41, 5.74) is 3.02. The Labute approximate surface area is 135 Å². The van der Waals surface area contributed by atoms with Crippen LogP contribution in [0, 0.1) is 5.92 Å². The quantitative estimate of drug-likeness (QED) is 0.807. The summed E-state index contributed by atoms with van der Waals surface area (Å²) in [5, 5.41) is 9.93. The van der Waals surface area contributed by atoms with Gasteiger partial charge in [0.2, 0.25) is 0 Å². The molecule has 1 fully saturated rings. The number of hydrogen-bond acceptors (Lipinski definition) is 3. The Morgan fingerprint density at radius 2 is 1.90 bits per heavy atom. The summed E-state index contributed by atoms with van der Waals surface area (Å²) >= 11 is 1.98. The van der Waals surface area contributed by atoms with Gasteiger partial charge in [0.25, 0.3) is 0 Å². The van der Waals surface area contributed by atoms with Gasteiger partial charge in [-0.2, -0.15) is 0 Å². The Kier molecular flexibility index (Phi) is 4.96. The predicted octanol–water partition coefficient (Wildman–Crippen LogP) is 2.59. The minimum absolute atomic E-state index is 0.163. The molecule has 1 aromatic rings. The van der Waals surface area contributed by atoms with Crippen LogP contribution >= 0.6 is 23.0 Å². The molecule has 0 amide bonds. The summed E-state index contributed by atoms with van der Waals surface area (Å²) in [6.45, 7) is 2.65. The number of benzene rings is 1. The molecule has 20 heavy (non-hydrogen) atoms. The van der Waals surface area contributed by atoms with Crippen molar-refractivity contribution >= 4 is 23.0 Å². The molecule has 3 rings (SSSR count). The van der Waals surface area contributed by atoms with E-state index < -0.39 is 0 Å². The number of piperidine rings is 1. The molecular weight excluding hydrogens is 365 g/mol. The molecule has 0 spiro atoms. The van der Waals surface area contributed by atoms with Gasteiger partial charge in [-0.15, -0.1) is 0 Å². The van der Waals surface area contributed by atoms with E-state index in [0.29, 0.717) is 12.0 Å². The van der Waals surface area contributed by atoms with Crippen LogP contribution in [0.15, 0.2) is 24.3 Å². The Morgan fingerprint density at radius 1 is 1.20 bits per heavy atom. The maximum absolute atomic E-state index is 9.93. The lowest BCUT2D eigenvalue weighted by Gasteiger charge is -2.38. The van der Waals surface area contributed by atoms with Gasteiger partial charge in [0.15, 0.2) is 0 Å². The number of aliphatic hydroxyl groups excluding tert-OH is 1. The van der Waals surface area contributed by atoms with E-state index >= 15 is 0 Å². The minimum atomic E-state index is -0.163. The maximum Gasteiger partial charge on any atom is 0.109 e. The lowest BCUT2D eigenvalue weighted by Crippen LogP contribution is -2.49. The van der Waals surface area contributed by atoms with Crippen molar-refractivity contribution in [1.29, 1.82) is 0 Å².